The molecule has 9 nitrogen and oxygen atoms in total. The van der Waals surface area contributed by atoms with Gasteiger partial charge in [-0.3, -0.25) is 0 Å². The summed E-state index contributed by atoms with van der Waals surface area (Å²) in [7, 11) is 0. The molecule has 2 heterocycles. The maximum absolute atomic E-state index is 11.3. The summed E-state index contributed by atoms with van der Waals surface area (Å²) in [5.74, 6) is -4.13. The molecule has 0 aromatic heterocycles. The van der Waals surface area contributed by atoms with Crippen LogP contribution in [0, 0.1) is 0 Å². The predicted molar refractivity (Wildman–Crippen MR) is 43.7 cm³/mol. The molecule has 0 saturated carbocycles. The first kappa shape index (κ1) is 12.0. The summed E-state index contributed by atoms with van der Waals surface area (Å²) < 4.78 is 0. The van der Waals surface area contributed by atoms with E-state index in [1.165, 1.54) is 0 Å². The van der Waals surface area contributed by atoms with Crippen LogP contribution in [-0.2, 0) is 24.1 Å². The molecule has 92 valence electrons. The SMILES string of the molecule is O=C1CCC(=O)[N+]1(O)O[N+]1(O)C(=O)CCC1=O. The van der Waals surface area contributed by atoms with Gasteiger partial charge in [0.1, 0.15) is 9.62 Å². The van der Waals surface area contributed by atoms with Gasteiger partial charge in [0, 0.05) is 0 Å². The van der Waals surface area contributed by atoms with Gasteiger partial charge in [0.15, 0.2) is 0 Å². The molecule has 9 heteroatoms. The van der Waals surface area contributed by atoms with Crippen LogP contribution in [0.25, 0.3) is 0 Å². The van der Waals surface area contributed by atoms with Gasteiger partial charge in [-0.15, -0.1) is 0 Å². The summed E-state index contributed by atoms with van der Waals surface area (Å²) in [4.78, 5) is 45.2. The number of amides is 4. The highest BCUT2D eigenvalue weighted by molar-refractivity contribution is 5.91. The van der Waals surface area contributed by atoms with E-state index in [0.717, 1.165) is 0 Å². The molecule has 17 heavy (non-hydrogen) atoms. The van der Waals surface area contributed by atoms with E-state index in [-0.39, 0.29) is 25.7 Å². The summed E-state index contributed by atoms with van der Waals surface area (Å²) in [6, 6.07) is 0. The van der Waals surface area contributed by atoms with E-state index in [4.69, 9.17) is 0 Å². The molecule has 4 amide bonds. The zero-order valence-corrected chi connectivity index (χ0v) is 8.66. The molecule has 0 aliphatic carbocycles. The minimum absolute atomic E-state index is 0.280. The summed E-state index contributed by atoms with van der Waals surface area (Å²) in [5.41, 5.74) is 0. The average molecular weight is 246 g/mol. The van der Waals surface area contributed by atoms with Gasteiger partial charge >= 0.3 is 23.6 Å². The number of carbonyl (C=O) groups is 4. The van der Waals surface area contributed by atoms with Crippen molar-refractivity contribution >= 4 is 23.6 Å². The molecule has 2 aliphatic heterocycles. The van der Waals surface area contributed by atoms with Gasteiger partial charge in [0.25, 0.3) is 0 Å². The molecule has 0 radical (unpaired) electrons. The number of quaternary nitrogens is 2. The Kier molecular flexibility index (Phi) is 2.45. The number of imide groups is 2. The van der Waals surface area contributed by atoms with E-state index in [0.29, 0.717) is 0 Å². The Bertz CT molecular complexity index is 371. The summed E-state index contributed by atoms with van der Waals surface area (Å²) in [6.07, 6.45) is -1.12. The van der Waals surface area contributed by atoms with E-state index >= 15 is 0 Å². The second-order valence-corrected chi connectivity index (χ2v) is 3.81. The molecule has 2 N–H and O–H groups in total. The second-order valence-electron chi connectivity index (χ2n) is 3.81. The number of nitrogens with zero attached hydrogens (tertiary/aromatic N) is 2. The first-order valence-corrected chi connectivity index (χ1v) is 4.89. The molecule has 2 aliphatic rings. The quantitative estimate of drug-likeness (QED) is 0.362. The van der Waals surface area contributed by atoms with E-state index < -0.39 is 33.2 Å². The van der Waals surface area contributed by atoms with E-state index in [9.17, 15) is 29.6 Å². The van der Waals surface area contributed by atoms with Crippen LogP contribution < -0.4 is 0 Å². The Morgan fingerprint density at radius 3 is 1.18 bits per heavy atom. The lowest BCUT2D eigenvalue weighted by molar-refractivity contribution is -1.36. The van der Waals surface area contributed by atoms with Crippen molar-refractivity contribution in [3.8, 4) is 0 Å². The highest BCUT2D eigenvalue weighted by atomic mass is 17.1. The van der Waals surface area contributed by atoms with Gasteiger partial charge in [-0.2, -0.15) is 10.4 Å². The predicted octanol–water partition coefficient (Wildman–Crippen LogP) is -1.06. The number of hydrogen-bond donors (Lipinski definition) is 2. The van der Waals surface area contributed by atoms with E-state index in [1.807, 2.05) is 0 Å². The average Bonchev–Trinajstić information content (AvgIpc) is 2.65. The van der Waals surface area contributed by atoms with Crippen molar-refractivity contribution in [2.45, 2.75) is 25.7 Å². The van der Waals surface area contributed by atoms with E-state index in [2.05, 4.69) is 4.94 Å². The summed E-state index contributed by atoms with van der Waals surface area (Å²) >= 11 is 0. The second kappa shape index (κ2) is 3.48. The van der Waals surface area contributed by atoms with Crippen molar-refractivity contribution in [3.05, 3.63) is 0 Å². The molecule has 2 fully saturated rings. The fraction of sp³-hybridized carbons (Fsp3) is 0.500. The van der Waals surface area contributed by atoms with Crippen molar-refractivity contribution in [2.24, 2.45) is 0 Å². The fourth-order valence-electron chi connectivity index (χ4n) is 1.67. The Labute approximate surface area is 94.4 Å². The molecule has 0 unspecified atom stereocenters. The van der Waals surface area contributed by atoms with Crippen molar-refractivity contribution in [1.82, 2.24) is 0 Å². The normalized spacial score (nSPS) is 26.9. The molecule has 2 saturated heterocycles. The lowest BCUT2D eigenvalue weighted by atomic mass is 10.4. The number of carbonyl (C=O) groups excluding carboxylic acids is 4. The Hall–Kier alpha value is -1.52. The van der Waals surface area contributed by atoms with E-state index in [1.54, 1.807) is 0 Å². The maximum atomic E-state index is 11.3. The lowest BCUT2D eigenvalue weighted by Gasteiger charge is -2.20. The Morgan fingerprint density at radius 1 is 0.706 bits per heavy atom. The standard InChI is InChI=1S/C8H10N2O7/c11-5-1-2-6(12)9(5,15)17-10(16)7(13)3-4-8(10)14/h15-16H,1-4H2/q+2. The zero-order valence-electron chi connectivity index (χ0n) is 8.66. The molecule has 0 aromatic carbocycles. The van der Waals surface area contributed by atoms with Gasteiger partial charge in [-0.25, -0.2) is 19.2 Å². The highest BCUT2D eigenvalue weighted by Gasteiger charge is 2.67. The molecule has 0 aromatic rings. The minimum Gasteiger partial charge on any atom is -0.223 e. The third-order valence-electron chi connectivity index (χ3n) is 2.69. The third-order valence-corrected chi connectivity index (χ3v) is 2.69. The van der Waals surface area contributed by atoms with Crippen molar-refractivity contribution in [1.29, 1.82) is 0 Å². The molecule has 2 rings (SSSR count). The third kappa shape index (κ3) is 1.52. The largest absolute Gasteiger partial charge is 0.393 e. The fourth-order valence-corrected chi connectivity index (χ4v) is 1.67. The minimum atomic E-state index is -2.17. The van der Waals surface area contributed by atoms with Crippen LogP contribution >= 0.6 is 0 Å². The smallest absolute Gasteiger partial charge is 0.223 e. The van der Waals surface area contributed by atoms with Crippen LogP contribution in [0.3, 0.4) is 0 Å². The van der Waals surface area contributed by atoms with Crippen LogP contribution in [0.4, 0.5) is 0 Å². The van der Waals surface area contributed by atoms with Gasteiger partial charge < -0.3 is 0 Å². The number of hydroxylamine groups is 8. The van der Waals surface area contributed by atoms with Gasteiger partial charge in [-0.05, 0) is 0 Å². The first-order valence-electron chi connectivity index (χ1n) is 4.89. The number of hydrogen-bond acceptors (Lipinski definition) is 7. The zero-order chi connectivity index (χ0) is 12.8. The Balaban J connectivity index is 2.32. The van der Waals surface area contributed by atoms with Crippen molar-refractivity contribution in [2.75, 3.05) is 0 Å². The topological polar surface area (TPSA) is 118 Å². The van der Waals surface area contributed by atoms with Crippen LogP contribution in [0.2, 0.25) is 0 Å². The Morgan fingerprint density at radius 2 is 0.941 bits per heavy atom. The van der Waals surface area contributed by atoms with Crippen LogP contribution in [0.15, 0.2) is 0 Å². The molecular formula is C8H10N2O7+2. The molecule has 0 spiro atoms. The van der Waals surface area contributed by atoms with Gasteiger partial charge in [-0.1, -0.05) is 0 Å². The van der Waals surface area contributed by atoms with Gasteiger partial charge in [0.05, 0.1) is 30.6 Å². The lowest BCUT2D eigenvalue weighted by Crippen LogP contribution is -2.62. The molecule has 0 bridgehead atoms. The molecule has 0 atom stereocenters. The number of rotatable bonds is 2. The van der Waals surface area contributed by atoms with Crippen LogP contribution in [0.1, 0.15) is 25.7 Å². The monoisotopic (exact) mass is 246 g/mol. The van der Waals surface area contributed by atoms with Gasteiger partial charge in [0.2, 0.25) is 0 Å². The summed E-state index contributed by atoms with van der Waals surface area (Å²) in [6.45, 7) is 0. The van der Waals surface area contributed by atoms with Crippen molar-refractivity contribution in [3.63, 3.8) is 0 Å². The van der Waals surface area contributed by atoms with Crippen molar-refractivity contribution < 1.29 is 44.2 Å². The molecular weight excluding hydrogens is 236 g/mol. The summed E-state index contributed by atoms with van der Waals surface area (Å²) in [5, 5.41) is 19.3. The maximum Gasteiger partial charge on any atom is 0.393 e. The highest BCUT2D eigenvalue weighted by Crippen LogP contribution is 2.28. The van der Waals surface area contributed by atoms with Crippen LogP contribution in [0.5, 0.6) is 0 Å². The van der Waals surface area contributed by atoms with Crippen LogP contribution in [-0.4, -0.2) is 43.7 Å². The first-order chi connectivity index (χ1) is 7.80.